The van der Waals surface area contributed by atoms with Crippen LogP contribution in [0.1, 0.15) is 38.5 Å². The zero-order valence-corrected chi connectivity index (χ0v) is 11.8. The summed E-state index contributed by atoms with van der Waals surface area (Å²) in [7, 11) is 1.62. The average Bonchev–Trinajstić information content (AvgIpc) is 3.07. The lowest BCUT2D eigenvalue weighted by Gasteiger charge is -2.32. The summed E-state index contributed by atoms with van der Waals surface area (Å²) in [6.45, 7) is 0.408. The largest absolute Gasteiger partial charge is 0.380 e. The lowest BCUT2D eigenvalue weighted by Crippen LogP contribution is -2.44. The number of nitrogens with one attached hydrogen (secondary N) is 1. The molecule has 0 radical (unpaired) electrons. The van der Waals surface area contributed by atoms with Crippen LogP contribution in [-0.2, 0) is 9.53 Å². The quantitative estimate of drug-likeness (QED) is 0.788. The highest BCUT2D eigenvalue weighted by atomic mass is 16.5. The van der Waals surface area contributed by atoms with Gasteiger partial charge in [-0.3, -0.25) is 4.79 Å². The van der Waals surface area contributed by atoms with E-state index < -0.39 is 0 Å². The molecule has 19 heavy (non-hydrogen) atoms. The molecule has 3 aliphatic carbocycles. The van der Waals surface area contributed by atoms with E-state index in [4.69, 9.17) is 10.5 Å². The Morgan fingerprint density at radius 3 is 2.84 bits per heavy atom. The Balaban J connectivity index is 1.53. The number of nitrogens with two attached hydrogens (primary N) is 1. The maximum atomic E-state index is 12.0. The predicted molar refractivity (Wildman–Crippen MR) is 73.4 cm³/mol. The second kappa shape index (κ2) is 5.41. The summed E-state index contributed by atoms with van der Waals surface area (Å²) >= 11 is 0. The summed E-state index contributed by atoms with van der Waals surface area (Å²) < 4.78 is 5.18. The van der Waals surface area contributed by atoms with Gasteiger partial charge < -0.3 is 15.8 Å². The first-order valence-corrected chi connectivity index (χ1v) is 7.75. The monoisotopic (exact) mass is 266 g/mol. The molecule has 6 atom stereocenters. The molecule has 0 saturated heterocycles. The van der Waals surface area contributed by atoms with Crippen LogP contribution in [0.25, 0.3) is 0 Å². The van der Waals surface area contributed by atoms with Crippen molar-refractivity contribution in [3.8, 4) is 0 Å². The number of ether oxygens (including phenoxy) is 1. The summed E-state index contributed by atoms with van der Waals surface area (Å²) in [5.41, 5.74) is 5.57. The van der Waals surface area contributed by atoms with E-state index in [0.29, 0.717) is 19.0 Å². The number of hydrogen-bond acceptors (Lipinski definition) is 3. The van der Waals surface area contributed by atoms with Crippen molar-refractivity contribution >= 4 is 5.91 Å². The zero-order valence-electron chi connectivity index (χ0n) is 11.8. The molecule has 4 heteroatoms. The third-order valence-electron chi connectivity index (χ3n) is 5.78. The zero-order chi connectivity index (χ0) is 13.4. The number of carbonyl (C=O) groups is 1. The van der Waals surface area contributed by atoms with Gasteiger partial charge in [-0.1, -0.05) is 6.42 Å². The van der Waals surface area contributed by atoms with E-state index in [1.54, 1.807) is 7.11 Å². The first kappa shape index (κ1) is 13.4. The smallest absolute Gasteiger partial charge is 0.222 e. The first-order valence-electron chi connectivity index (χ1n) is 7.75. The van der Waals surface area contributed by atoms with Crippen molar-refractivity contribution in [2.45, 2.75) is 50.7 Å². The Hall–Kier alpha value is -0.610. The van der Waals surface area contributed by atoms with E-state index in [9.17, 15) is 4.79 Å². The van der Waals surface area contributed by atoms with E-state index in [1.807, 2.05) is 0 Å². The Labute approximate surface area is 115 Å². The molecule has 108 valence electrons. The summed E-state index contributed by atoms with van der Waals surface area (Å²) in [6.07, 6.45) is 7.05. The van der Waals surface area contributed by atoms with Gasteiger partial charge in [0, 0.05) is 19.7 Å². The van der Waals surface area contributed by atoms with Gasteiger partial charge >= 0.3 is 0 Å². The molecule has 0 aromatic rings. The second-order valence-electron chi connectivity index (χ2n) is 6.63. The molecule has 2 bridgehead atoms. The molecule has 3 fully saturated rings. The SMILES string of the molecule is COC(CN)CC(=O)NC1CC2CC1C1CCCC21. The third kappa shape index (κ3) is 2.40. The van der Waals surface area contributed by atoms with E-state index in [-0.39, 0.29) is 12.0 Å². The second-order valence-corrected chi connectivity index (χ2v) is 6.63. The van der Waals surface area contributed by atoms with Crippen LogP contribution in [0.5, 0.6) is 0 Å². The maximum absolute atomic E-state index is 12.0. The van der Waals surface area contributed by atoms with Crippen LogP contribution in [0.15, 0.2) is 0 Å². The molecule has 0 aromatic heterocycles. The van der Waals surface area contributed by atoms with Crippen LogP contribution >= 0.6 is 0 Å². The molecular weight excluding hydrogens is 240 g/mol. The van der Waals surface area contributed by atoms with Gasteiger partial charge in [0.25, 0.3) is 0 Å². The van der Waals surface area contributed by atoms with Gasteiger partial charge in [-0.15, -0.1) is 0 Å². The summed E-state index contributed by atoms with van der Waals surface area (Å²) in [6, 6.07) is 0.423. The van der Waals surface area contributed by atoms with Crippen molar-refractivity contribution in [1.29, 1.82) is 0 Å². The average molecular weight is 266 g/mol. The van der Waals surface area contributed by atoms with E-state index in [1.165, 1.54) is 32.1 Å². The molecular formula is C15H26N2O2. The van der Waals surface area contributed by atoms with Gasteiger partial charge in [0.2, 0.25) is 5.91 Å². The molecule has 3 N–H and O–H groups in total. The number of hydrogen-bond donors (Lipinski definition) is 2. The highest BCUT2D eigenvalue weighted by molar-refractivity contribution is 5.76. The van der Waals surface area contributed by atoms with Crippen molar-refractivity contribution in [3.05, 3.63) is 0 Å². The standard InChI is InChI=1S/C15H26N2O2/c1-19-10(8-16)7-15(18)17-14-6-9-5-13(14)12-4-2-3-11(9)12/h9-14H,2-8,16H2,1H3,(H,17,18). The van der Waals surface area contributed by atoms with Crippen molar-refractivity contribution in [3.63, 3.8) is 0 Å². The molecule has 0 spiro atoms. The lowest BCUT2D eigenvalue weighted by molar-refractivity contribution is -0.124. The Morgan fingerprint density at radius 2 is 2.11 bits per heavy atom. The lowest BCUT2D eigenvalue weighted by atomic mass is 9.79. The van der Waals surface area contributed by atoms with Crippen molar-refractivity contribution in [2.75, 3.05) is 13.7 Å². The van der Waals surface area contributed by atoms with Gasteiger partial charge in [0.1, 0.15) is 0 Å². The van der Waals surface area contributed by atoms with Crippen LogP contribution in [-0.4, -0.2) is 31.7 Å². The Bertz CT molecular complexity index is 343. The summed E-state index contributed by atoms with van der Waals surface area (Å²) in [5.74, 6) is 3.63. The highest BCUT2D eigenvalue weighted by Crippen LogP contribution is 2.58. The van der Waals surface area contributed by atoms with Crippen molar-refractivity contribution in [2.24, 2.45) is 29.4 Å². The number of carbonyl (C=O) groups excluding carboxylic acids is 1. The van der Waals surface area contributed by atoms with E-state index >= 15 is 0 Å². The van der Waals surface area contributed by atoms with Crippen LogP contribution in [0, 0.1) is 23.7 Å². The Morgan fingerprint density at radius 1 is 1.32 bits per heavy atom. The molecule has 3 rings (SSSR count). The summed E-state index contributed by atoms with van der Waals surface area (Å²) in [5, 5.41) is 3.25. The molecule has 3 aliphatic rings. The fourth-order valence-corrected chi connectivity index (χ4v) is 4.97. The van der Waals surface area contributed by atoms with Gasteiger partial charge in [-0.2, -0.15) is 0 Å². The molecule has 6 unspecified atom stereocenters. The van der Waals surface area contributed by atoms with Crippen LogP contribution in [0.2, 0.25) is 0 Å². The van der Waals surface area contributed by atoms with Crippen LogP contribution < -0.4 is 11.1 Å². The minimum absolute atomic E-state index is 0.115. The van der Waals surface area contributed by atoms with Gasteiger partial charge in [-0.05, 0) is 49.4 Å². The van der Waals surface area contributed by atoms with Gasteiger partial charge in [0.05, 0.1) is 12.5 Å². The fourth-order valence-electron chi connectivity index (χ4n) is 4.97. The van der Waals surface area contributed by atoms with Gasteiger partial charge in [0.15, 0.2) is 0 Å². The van der Waals surface area contributed by atoms with Gasteiger partial charge in [-0.25, -0.2) is 0 Å². The maximum Gasteiger partial charge on any atom is 0.222 e. The third-order valence-corrected chi connectivity index (χ3v) is 5.78. The normalized spacial score (nSPS) is 41.3. The molecule has 0 heterocycles. The Kier molecular flexibility index (Phi) is 3.81. The first-order chi connectivity index (χ1) is 9.22. The van der Waals surface area contributed by atoms with E-state index in [0.717, 1.165) is 23.7 Å². The fraction of sp³-hybridized carbons (Fsp3) is 0.933. The minimum atomic E-state index is -0.141. The minimum Gasteiger partial charge on any atom is -0.380 e. The number of rotatable bonds is 5. The molecule has 0 aromatic carbocycles. The number of amides is 1. The highest BCUT2D eigenvalue weighted by Gasteiger charge is 2.53. The van der Waals surface area contributed by atoms with E-state index in [2.05, 4.69) is 5.32 Å². The number of fused-ring (bicyclic) bond motifs is 5. The molecule has 1 amide bonds. The van der Waals surface area contributed by atoms with Crippen LogP contribution in [0.3, 0.4) is 0 Å². The molecule has 0 aliphatic heterocycles. The summed E-state index contributed by atoms with van der Waals surface area (Å²) in [4.78, 5) is 12.0. The predicted octanol–water partition coefficient (Wildman–Crippen LogP) is 1.29. The van der Waals surface area contributed by atoms with Crippen LogP contribution in [0.4, 0.5) is 0 Å². The van der Waals surface area contributed by atoms with Crippen molar-refractivity contribution in [1.82, 2.24) is 5.32 Å². The molecule has 3 saturated carbocycles. The van der Waals surface area contributed by atoms with Crippen molar-refractivity contribution < 1.29 is 9.53 Å². The number of methoxy groups -OCH3 is 1. The molecule has 4 nitrogen and oxygen atoms in total. The topological polar surface area (TPSA) is 64.3 Å².